The number of hydrogen-bond acceptors (Lipinski definition) is 4. The molecule has 1 aliphatic rings. The molecular weight excluding hydrogens is 246 g/mol. The van der Waals surface area contributed by atoms with Crippen LogP contribution in [0.5, 0.6) is 0 Å². The highest BCUT2D eigenvalue weighted by molar-refractivity contribution is 5.92. The number of likely N-dealkylation sites (tertiary alicyclic amines) is 1. The molecular formula is C13H19N3O3. The molecule has 0 aliphatic carbocycles. The molecule has 104 valence electrons. The van der Waals surface area contributed by atoms with Crippen LogP contribution in [-0.4, -0.2) is 28.4 Å². The fourth-order valence-electron chi connectivity index (χ4n) is 2.93. The summed E-state index contributed by atoms with van der Waals surface area (Å²) < 4.78 is 5.17. The van der Waals surface area contributed by atoms with Gasteiger partial charge in [-0.25, -0.2) is 0 Å². The number of nitrogens with two attached hydrogens (primary N) is 1. The summed E-state index contributed by atoms with van der Waals surface area (Å²) in [6.07, 6.45) is 3.32. The molecule has 0 aromatic carbocycles. The zero-order valence-electron chi connectivity index (χ0n) is 11.3. The van der Waals surface area contributed by atoms with Gasteiger partial charge in [-0.15, -0.1) is 0 Å². The van der Waals surface area contributed by atoms with Crippen LogP contribution in [0.15, 0.2) is 16.8 Å². The molecule has 6 nitrogen and oxygen atoms in total. The van der Waals surface area contributed by atoms with E-state index in [1.807, 2.05) is 13.8 Å². The summed E-state index contributed by atoms with van der Waals surface area (Å²) in [7, 11) is 0. The lowest BCUT2D eigenvalue weighted by molar-refractivity contribution is -0.147. The van der Waals surface area contributed by atoms with Crippen molar-refractivity contribution in [3.8, 4) is 0 Å². The van der Waals surface area contributed by atoms with Crippen LogP contribution in [0.25, 0.3) is 0 Å². The molecule has 0 spiro atoms. The Balaban J connectivity index is 2.49. The second-order valence-corrected chi connectivity index (χ2v) is 4.99. The van der Waals surface area contributed by atoms with E-state index >= 15 is 0 Å². The van der Waals surface area contributed by atoms with Gasteiger partial charge in [-0.1, -0.05) is 19.0 Å². The van der Waals surface area contributed by atoms with Crippen LogP contribution >= 0.6 is 0 Å². The van der Waals surface area contributed by atoms with Crippen molar-refractivity contribution in [1.82, 2.24) is 10.1 Å². The molecule has 0 bridgehead atoms. The highest BCUT2D eigenvalue weighted by atomic mass is 16.5. The smallest absolute Gasteiger partial charge is 0.251 e. The van der Waals surface area contributed by atoms with E-state index < -0.39 is 11.4 Å². The number of nitrogens with zero attached hydrogens (tertiary/aromatic N) is 2. The monoisotopic (exact) mass is 265 g/mol. The summed E-state index contributed by atoms with van der Waals surface area (Å²) >= 11 is 0. The first kappa shape index (κ1) is 13.6. The van der Waals surface area contributed by atoms with Crippen molar-refractivity contribution in [3.05, 3.63) is 18.0 Å². The van der Waals surface area contributed by atoms with Gasteiger partial charge in [0.1, 0.15) is 0 Å². The number of carbonyl (C=O) groups is 2. The third-order valence-electron chi connectivity index (χ3n) is 3.88. The van der Waals surface area contributed by atoms with Crippen molar-refractivity contribution in [2.75, 3.05) is 6.54 Å². The van der Waals surface area contributed by atoms with Crippen LogP contribution in [0.1, 0.15) is 38.9 Å². The Kier molecular flexibility index (Phi) is 3.59. The summed E-state index contributed by atoms with van der Waals surface area (Å²) in [6.45, 7) is 4.36. The Labute approximate surface area is 111 Å². The Bertz CT molecular complexity index is 471. The SMILES string of the molecule is CCCC(=O)N1CCC(C)C1(C(N)=O)c1ccno1. The molecule has 1 aromatic heterocycles. The molecule has 0 saturated carbocycles. The van der Waals surface area contributed by atoms with Gasteiger partial charge in [0.15, 0.2) is 11.3 Å². The molecule has 6 heteroatoms. The molecule has 2 N–H and O–H groups in total. The summed E-state index contributed by atoms with van der Waals surface area (Å²) in [5.41, 5.74) is 4.43. The van der Waals surface area contributed by atoms with Crippen LogP contribution in [0, 0.1) is 5.92 Å². The number of amides is 2. The highest BCUT2D eigenvalue weighted by Crippen LogP contribution is 2.43. The number of hydrogen-bond donors (Lipinski definition) is 1. The van der Waals surface area contributed by atoms with E-state index in [1.54, 1.807) is 11.0 Å². The maximum absolute atomic E-state index is 12.3. The van der Waals surface area contributed by atoms with Gasteiger partial charge in [0, 0.05) is 19.0 Å². The predicted molar refractivity (Wildman–Crippen MR) is 67.8 cm³/mol. The summed E-state index contributed by atoms with van der Waals surface area (Å²) in [6, 6.07) is 1.61. The Hall–Kier alpha value is -1.85. The van der Waals surface area contributed by atoms with E-state index in [2.05, 4.69) is 5.16 Å². The first-order chi connectivity index (χ1) is 9.05. The van der Waals surface area contributed by atoms with Gasteiger partial charge in [0.05, 0.1) is 6.20 Å². The van der Waals surface area contributed by atoms with Crippen LogP contribution in [0.4, 0.5) is 0 Å². The molecule has 1 aromatic rings. The van der Waals surface area contributed by atoms with E-state index in [9.17, 15) is 9.59 Å². The molecule has 1 saturated heterocycles. The average molecular weight is 265 g/mol. The van der Waals surface area contributed by atoms with Gasteiger partial charge in [0.2, 0.25) is 5.91 Å². The zero-order chi connectivity index (χ0) is 14.0. The zero-order valence-corrected chi connectivity index (χ0v) is 11.3. The summed E-state index contributed by atoms with van der Waals surface area (Å²) in [5, 5.41) is 3.65. The number of carbonyl (C=O) groups excluding carboxylic acids is 2. The fourth-order valence-corrected chi connectivity index (χ4v) is 2.93. The molecule has 19 heavy (non-hydrogen) atoms. The van der Waals surface area contributed by atoms with E-state index in [-0.39, 0.29) is 11.8 Å². The molecule has 2 amide bonds. The Morgan fingerprint density at radius 3 is 2.89 bits per heavy atom. The second-order valence-electron chi connectivity index (χ2n) is 4.99. The van der Waals surface area contributed by atoms with Crippen molar-refractivity contribution >= 4 is 11.8 Å². The van der Waals surface area contributed by atoms with E-state index in [4.69, 9.17) is 10.3 Å². The van der Waals surface area contributed by atoms with Crippen LogP contribution < -0.4 is 5.73 Å². The highest BCUT2D eigenvalue weighted by Gasteiger charge is 2.56. The third kappa shape index (κ3) is 1.91. The van der Waals surface area contributed by atoms with Crippen molar-refractivity contribution in [2.24, 2.45) is 11.7 Å². The topological polar surface area (TPSA) is 89.4 Å². The predicted octanol–water partition coefficient (Wildman–Crippen LogP) is 1.02. The van der Waals surface area contributed by atoms with E-state index in [1.165, 1.54) is 6.20 Å². The lowest BCUT2D eigenvalue weighted by Gasteiger charge is -2.36. The van der Waals surface area contributed by atoms with Gasteiger partial charge < -0.3 is 15.2 Å². The van der Waals surface area contributed by atoms with Crippen molar-refractivity contribution in [2.45, 2.75) is 38.6 Å². The van der Waals surface area contributed by atoms with E-state index in [0.29, 0.717) is 18.7 Å². The second kappa shape index (κ2) is 5.03. The molecule has 2 rings (SSSR count). The van der Waals surface area contributed by atoms with Gasteiger partial charge in [-0.3, -0.25) is 9.59 Å². The Morgan fingerprint density at radius 1 is 1.63 bits per heavy atom. The first-order valence-electron chi connectivity index (χ1n) is 6.56. The molecule has 2 heterocycles. The normalized spacial score (nSPS) is 26.6. The summed E-state index contributed by atoms with van der Waals surface area (Å²) in [5.74, 6) is -0.353. The van der Waals surface area contributed by atoms with Gasteiger partial charge in [-0.2, -0.15) is 0 Å². The average Bonchev–Trinajstić information content (AvgIpc) is 2.96. The standard InChI is InChI=1S/C13H19N3O3/c1-3-4-11(17)16-8-6-9(2)13(16,12(14)18)10-5-7-15-19-10/h5,7,9H,3-4,6,8H2,1-2H3,(H2,14,18). The molecule has 2 unspecified atom stereocenters. The number of primary amides is 1. The molecule has 0 radical (unpaired) electrons. The minimum absolute atomic E-state index is 0.0675. The van der Waals surface area contributed by atoms with Crippen LogP contribution in [-0.2, 0) is 15.1 Å². The lowest BCUT2D eigenvalue weighted by atomic mass is 9.82. The van der Waals surface area contributed by atoms with Gasteiger partial charge >= 0.3 is 0 Å². The largest absolute Gasteiger partial charge is 0.367 e. The maximum atomic E-state index is 12.3. The fraction of sp³-hybridized carbons (Fsp3) is 0.615. The molecule has 2 atom stereocenters. The van der Waals surface area contributed by atoms with Crippen LogP contribution in [0.2, 0.25) is 0 Å². The van der Waals surface area contributed by atoms with Crippen molar-refractivity contribution in [1.29, 1.82) is 0 Å². The first-order valence-corrected chi connectivity index (χ1v) is 6.56. The maximum Gasteiger partial charge on any atom is 0.251 e. The van der Waals surface area contributed by atoms with Gasteiger partial charge in [-0.05, 0) is 18.8 Å². The van der Waals surface area contributed by atoms with Gasteiger partial charge in [0.25, 0.3) is 5.91 Å². The summed E-state index contributed by atoms with van der Waals surface area (Å²) in [4.78, 5) is 25.9. The number of aromatic nitrogens is 1. The lowest BCUT2D eigenvalue weighted by Crippen LogP contribution is -2.56. The van der Waals surface area contributed by atoms with E-state index in [0.717, 1.165) is 12.8 Å². The minimum atomic E-state index is -1.19. The van der Waals surface area contributed by atoms with Crippen molar-refractivity contribution < 1.29 is 14.1 Å². The minimum Gasteiger partial charge on any atom is -0.367 e. The molecule has 1 fully saturated rings. The Morgan fingerprint density at radius 2 is 2.37 bits per heavy atom. The van der Waals surface area contributed by atoms with Crippen LogP contribution in [0.3, 0.4) is 0 Å². The number of rotatable bonds is 4. The third-order valence-corrected chi connectivity index (χ3v) is 3.88. The molecule has 1 aliphatic heterocycles. The quantitative estimate of drug-likeness (QED) is 0.880. The van der Waals surface area contributed by atoms with Crippen molar-refractivity contribution in [3.63, 3.8) is 0 Å².